The number of aryl methyl sites for hydroxylation is 1. The number of imidazole rings is 1. The molecule has 1 aromatic heterocycles. The van der Waals surface area contributed by atoms with Gasteiger partial charge in [0.1, 0.15) is 5.82 Å². The van der Waals surface area contributed by atoms with Crippen LogP contribution in [0, 0.1) is 5.92 Å². The number of carbonyl (C=O) groups excluding carboxylic acids is 1. The quantitative estimate of drug-likeness (QED) is 0.735. The third kappa shape index (κ3) is 4.24. The van der Waals surface area contributed by atoms with Crippen LogP contribution in [0.1, 0.15) is 37.9 Å². The molecule has 2 atom stereocenters. The van der Waals surface area contributed by atoms with E-state index in [9.17, 15) is 9.90 Å². The van der Waals surface area contributed by atoms with Gasteiger partial charge < -0.3 is 15.4 Å². The zero-order valence-electron chi connectivity index (χ0n) is 13.0. The standard InChI is InChI=1S/C17H22ClN3O2/c18-12-6-7-14-15(10-12)21-16(20-14)5-2-8-19-17(23)11-3-1-4-13(22)9-11/h6-7,10-11,13,22H,1-5,8-9H2,(H,19,23)(H,20,21)/t11-,13+/m0/s1. The summed E-state index contributed by atoms with van der Waals surface area (Å²) in [5.41, 5.74) is 1.84. The van der Waals surface area contributed by atoms with Crippen molar-refractivity contribution < 1.29 is 9.90 Å². The Morgan fingerprint density at radius 3 is 3.13 bits per heavy atom. The highest BCUT2D eigenvalue weighted by Crippen LogP contribution is 2.24. The molecule has 0 saturated heterocycles. The van der Waals surface area contributed by atoms with Crippen LogP contribution in [0.2, 0.25) is 5.02 Å². The molecule has 5 nitrogen and oxygen atoms in total. The number of aromatic nitrogens is 2. The molecular weight excluding hydrogens is 314 g/mol. The predicted molar refractivity (Wildman–Crippen MR) is 90.4 cm³/mol. The van der Waals surface area contributed by atoms with E-state index in [2.05, 4.69) is 15.3 Å². The number of nitrogens with one attached hydrogen (secondary N) is 2. The topological polar surface area (TPSA) is 78.0 Å². The summed E-state index contributed by atoms with van der Waals surface area (Å²) in [5, 5.41) is 13.3. The van der Waals surface area contributed by atoms with Crippen LogP contribution < -0.4 is 5.32 Å². The van der Waals surface area contributed by atoms with Gasteiger partial charge in [-0.15, -0.1) is 0 Å². The molecule has 0 spiro atoms. The molecule has 0 radical (unpaired) electrons. The highest BCUT2D eigenvalue weighted by atomic mass is 35.5. The van der Waals surface area contributed by atoms with Crippen molar-refractivity contribution in [3.05, 3.63) is 29.0 Å². The van der Waals surface area contributed by atoms with E-state index in [0.717, 1.165) is 49.0 Å². The van der Waals surface area contributed by atoms with Gasteiger partial charge in [0, 0.05) is 23.9 Å². The molecule has 0 bridgehead atoms. The first-order valence-corrected chi connectivity index (χ1v) is 8.59. The molecule has 1 amide bonds. The zero-order chi connectivity index (χ0) is 16.2. The molecule has 0 aliphatic heterocycles. The molecule has 3 rings (SSSR count). The van der Waals surface area contributed by atoms with Crippen molar-refractivity contribution >= 4 is 28.5 Å². The van der Waals surface area contributed by atoms with Gasteiger partial charge in [-0.05, 0) is 43.9 Å². The van der Waals surface area contributed by atoms with Crippen molar-refractivity contribution in [1.82, 2.24) is 15.3 Å². The van der Waals surface area contributed by atoms with Crippen LogP contribution in [-0.4, -0.2) is 33.6 Å². The maximum atomic E-state index is 12.1. The Morgan fingerprint density at radius 2 is 2.30 bits per heavy atom. The van der Waals surface area contributed by atoms with Crippen molar-refractivity contribution in [2.75, 3.05) is 6.54 Å². The molecule has 2 aromatic rings. The van der Waals surface area contributed by atoms with Crippen molar-refractivity contribution in [3.8, 4) is 0 Å². The number of aliphatic hydroxyl groups is 1. The van der Waals surface area contributed by atoms with E-state index < -0.39 is 0 Å². The van der Waals surface area contributed by atoms with Crippen LogP contribution in [0.5, 0.6) is 0 Å². The van der Waals surface area contributed by atoms with Gasteiger partial charge >= 0.3 is 0 Å². The minimum absolute atomic E-state index is 0.0351. The predicted octanol–water partition coefficient (Wildman–Crippen LogP) is 2.82. The summed E-state index contributed by atoms with van der Waals surface area (Å²) in [7, 11) is 0. The molecule has 1 aromatic carbocycles. The van der Waals surface area contributed by atoms with Gasteiger partial charge in [0.2, 0.25) is 5.91 Å². The van der Waals surface area contributed by atoms with E-state index in [-0.39, 0.29) is 17.9 Å². The number of hydrogen-bond donors (Lipinski definition) is 3. The Bertz CT molecular complexity index is 686. The highest BCUT2D eigenvalue weighted by molar-refractivity contribution is 6.31. The van der Waals surface area contributed by atoms with Gasteiger partial charge in [0.05, 0.1) is 17.1 Å². The summed E-state index contributed by atoms with van der Waals surface area (Å²) in [6.45, 7) is 0.628. The average molecular weight is 336 g/mol. The third-order valence-corrected chi connectivity index (χ3v) is 4.63. The molecular formula is C17H22ClN3O2. The summed E-state index contributed by atoms with van der Waals surface area (Å²) in [6, 6.07) is 5.59. The van der Waals surface area contributed by atoms with Gasteiger partial charge in [-0.3, -0.25) is 4.79 Å². The monoisotopic (exact) mass is 335 g/mol. The van der Waals surface area contributed by atoms with E-state index in [0.29, 0.717) is 18.0 Å². The van der Waals surface area contributed by atoms with E-state index in [1.807, 2.05) is 18.2 Å². The Kier molecular flexibility index (Phi) is 5.18. The number of carbonyl (C=O) groups is 1. The first-order chi connectivity index (χ1) is 11.1. The minimum Gasteiger partial charge on any atom is -0.393 e. The lowest BCUT2D eigenvalue weighted by Crippen LogP contribution is -2.35. The van der Waals surface area contributed by atoms with Crippen LogP contribution in [0.4, 0.5) is 0 Å². The fourth-order valence-corrected chi connectivity index (χ4v) is 3.34. The molecule has 0 unspecified atom stereocenters. The Balaban J connectivity index is 1.44. The molecule has 1 aliphatic rings. The first kappa shape index (κ1) is 16.3. The Hall–Kier alpha value is -1.59. The minimum atomic E-state index is -0.318. The lowest BCUT2D eigenvalue weighted by molar-refractivity contribution is -0.127. The number of fused-ring (bicyclic) bond motifs is 1. The lowest BCUT2D eigenvalue weighted by atomic mass is 9.87. The molecule has 124 valence electrons. The number of halogens is 1. The molecule has 3 N–H and O–H groups in total. The summed E-state index contributed by atoms with van der Waals surface area (Å²) in [5.74, 6) is 0.942. The van der Waals surface area contributed by atoms with Crippen LogP contribution >= 0.6 is 11.6 Å². The highest BCUT2D eigenvalue weighted by Gasteiger charge is 2.25. The fourth-order valence-electron chi connectivity index (χ4n) is 3.17. The lowest BCUT2D eigenvalue weighted by Gasteiger charge is -2.24. The summed E-state index contributed by atoms with van der Waals surface area (Å²) in [6.07, 6.45) is 4.51. The van der Waals surface area contributed by atoms with E-state index in [1.165, 1.54) is 0 Å². The van der Waals surface area contributed by atoms with Crippen LogP contribution in [0.15, 0.2) is 18.2 Å². The van der Waals surface area contributed by atoms with Crippen LogP contribution in [0.3, 0.4) is 0 Å². The molecule has 1 aliphatic carbocycles. The van der Waals surface area contributed by atoms with Gasteiger partial charge in [0.25, 0.3) is 0 Å². The second kappa shape index (κ2) is 7.32. The third-order valence-electron chi connectivity index (χ3n) is 4.40. The van der Waals surface area contributed by atoms with E-state index in [4.69, 9.17) is 11.6 Å². The molecule has 1 heterocycles. The van der Waals surface area contributed by atoms with Crippen LogP contribution in [0.25, 0.3) is 11.0 Å². The van der Waals surface area contributed by atoms with Crippen molar-refractivity contribution in [2.24, 2.45) is 5.92 Å². The average Bonchev–Trinajstić information content (AvgIpc) is 2.93. The number of amides is 1. The maximum absolute atomic E-state index is 12.1. The van der Waals surface area contributed by atoms with Crippen LogP contribution in [-0.2, 0) is 11.2 Å². The Labute approximate surface area is 140 Å². The molecule has 1 fully saturated rings. The number of benzene rings is 1. The fraction of sp³-hybridized carbons (Fsp3) is 0.529. The first-order valence-electron chi connectivity index (χ1n) is 8.22. The van der Waals surface area contributed by atoms with E-state index >= 15 is 0 Å². The number of aromatic amines is 1. The number of aliphatic hydroxyl groups excluding tert-OH is 1. The number of nitrogens with zero attached hydrogens (tertiary/aromatic N) is 1. The van der Waals surface area contributed by atoms with Gasteiger partial charge in [-0.2, -0.15) is 0 Å². The van der Waals surface area contributed by atoms with Crippen molar-refractivity contribution in [3.63, 3.8) is 0 Å². The molecule has 1 saturated carbocycles. The largest absolute Gasteiger partial charge is 0.393 e. The summed E-state index contributed by atoms with van der Waals surface area (Å²) < 4.78 is 0. The van der Waals surface area contributed by atoms with Crippen molar-refractivity contribution in [2.45, 2.75) is 44.6 Å². The smallest absolute Gasteiger partial charge is 0.223 e. The summed E-state index contributed by atoms with van der Waals surface area (Å²) in [4.78, 5) is 19.8. The SMILES string of the molecule is O=C(NCCCc1nc2ccc(Cl)cc2[nH]1)[C@H]1CCC[C@@H](O)C1. The van der Waals surface area contributed by atoms with Gasteiger partial charge in [-0.25, -0.2) is 4.98 Å². The zero-order valence-corrected chi connectivity index (χ0v) is 13.8. The second-order valence-electron chi connectivity index (χ2n) is 6.26. The summed E-state index contributed by atoms with van der Waals surface area (Å²) >= 11 is 5.96. The normalized spacial score (nSPS) is 21.5. The number of hydrogen-bond acceptors (Lipinski definition) is 3. The number of rotatable bonds is 5. The van der Waals surface area contributed by atoms with Crippen molar-refractivity contribution in [1.29, 1.82) is 0 Å². The van der Waals surface area contributed by atoms with E-state index in [1.54, 1.807) is 0 Å². The second-order valence-corrected chi connectivity index (χ2v) is 6.69. The van der Waals surface area contributed by atoms with Gasteiger partial charge in [-0.1, -0.05) is 18.0 Å². The molecule has 6 heteroatoms. The van der Waals surface area contributed by atoms with Gasteiger partial charge in [0.15, 0.2) is 0 Å². The molecule has 23 heavy (non-hydrogen) atoms. The number of H-pyrrole nitrogens is 1. The Morgan fingerprint density at radius 1 is 1.43 bits per heavy atom. The maximum Gasteiger partial charge on any atom is 0.223 e.